The van der Waals surface area contributed by atoms with Crippen LogP contribution in [0.4, 0.5) is 5.69 Å². The third-order valence-corrected chi connectivity index (χ3v) is 5.90. The van der Waals surface area contributed by atoms with Gasteiger partial charge in [-0.3, -0.25) is 15.0 Å². The summed E-state index contributed by atoms with van der Waals surface area (Å²) in [4.78, 5) is 29.7. The Morgan fingerprint density at radius 3 is 2.72 bits per heavy atom. The number of nitrogens with zero attached hydrogens (tertiary/aromatic N) is 2. The topological polar surface area (TPSA) is 95.0 Å². The minimum absolute atomic E-state index is 0.0869. The van der Waals surface area contributed by atoms with Gasteiger partial charge in [0.2, 0.25) is 6.54 Å². The Balaban J connectivity index is 1.69. The van der Waals surface area contributed by atoms with Gasteiger partial charge in [0.1, 0.15) is 5.76 Å². The summed E-state index contributed by atoms with van der Waals surface area (Å²) in [6.07, 6.45) is 2.31. The number of carbonyl (C=O) groups excluding carboxylic acids is 1. The molecule has 2 heterocycles. The number of para-hydroxylation sites is 1. The van der Waals surface area contributed by atoms with Crippen molar-refractivity contribution >= 4 is 11.7 Å². The number of anilines is 1. The molecular weight excluding hydrogens is 376 g/mol. The number of hydrogen-bond acceptors (Lipinski definition) is 7. The smallest absolute Gasteiger partial charge is 0.338 e. The maximum atomic E-state index is 12.5. The zero-order valence-electron chi connectivity index (χ0n) is 16.2. The van der Waals surface area contributed by atoms with E-state index in [1.165, 1.54) is 6.26 Å². The van der Waals surface area contributed by atoms with Gasteiger partial charge in [-0.2, -0.15) is 0 Å². The van der Waals surface area contributed by atoms with E-state index < -0.39 is 12.0 Å². The Morgan fingerprint density at radius 1 is 1.28 bits per heavy atom. The largest absolute Gasteiger partial charge is 0.469 e. The summed E-state index contributed by atoms with van der Waals surface area (Å²) >= 11 is 0. The van der Waals surface area contributed by atoms with E-state index in [9.17, 15) is 14.9 Å². The van der Waals surface area contributed by atoms with E-state index in [2.05, 4.69) is 0 Å². The minimum Gasteiger partial charge on any atom is -0.469 e. The lowest BCUT2D eigenvalue weighted by molar-refractivity contribution is -0.485. The van der Waals surface area contributed by atoms with Crippen molar-refractivity contribution in [3.05, 3.63) is 64.6 Å². The highest BCUT2D eigenvalue weighted by Crippen LogP contribution is 2.50. The zero-order chi connectivity index (χ0) is 20.4. The Morgan fingerprint density at radius 2 is 2.07 bits per heavy atom. The molecule has 2 aromatic rings. The van der Waals surface area contributed by atoms with Gasteiger partial charge in [-0.1, -0.05) is 18.2 Å². The minimum atomic E-state index is -0.710. The molecule has 2 fully saturated rings. The maximum Gasteiger partial charge on any atom is 0.338 e. The Labute approximate surface area is 168 Å². The summed E-state index contributed by atoms with van der Waals surface area (Å²) in [5.74, 6) is -0.365. The van der Waals surface area contributed by atoms with E-state index in [0.29, 0.717) is 5.76 Å². The molecule has 1 saturated heterocycles. The van der Waals surface area contributed by atoms with Crippen LogP contribution in [0.2, 0.25) is 0 Å². The second-order valence-corrected chi connectivity index (χ2v) is 7.47. The van der Waals surface area contributed by atoms with Crippen molar-refractivity contribution in [1.29, 1.82) is 0 Å². The SMILES string of the molecule is CCOC(=O)[C@H]1ON(c2ccccc2)[C@H]2[C@@H]1CC[C@@H]2C(C[N+](=O)[O-])c1ccco1. The van der Waals surface area contributed by atoms with E-state index in [1.54, 1.807) is 24.1 Å². The van der Waals surface area contributed by atoms with Gasteiger partial charge in [-0.15, -0.1) is 0 Å². The summed E-state index contributed by atoms with van der Waals surface area (Å²) < 4.78 is 10.8. The first-order valence-electron chi connectivity index (χ1n) is 9.93. The first-order chi connectivity index (χ1) is 14.1. The standard InChI is InChI=1S/C21H24N2O6/c1-2-27-21(24)20-16-11-10-15(17(13-22(25)26)18-9-6-12-28-18)19(16)23(29-20)14-7-4-3-5-8-14/h3-9,12,15-17,19-20H,2,10-11,13H2,1H3/t15-,16+,17?,19-,20+/m1/s1. The third kappa shape index (κ3) is 3.72. The lowest BCUT2D eigenvalue weighted by Crippen LogP contribution is -2.39. The Kier molecular flexibility index (Phi) is 5.53. The van der Waals surface area contributed by atoms with Crippen LogP contribution in [0, 0.1) is 22.0 Å². The second-order valence-electron chi connectivity index (χ2n) is 7.47. The predicted octanol–water partition coefficient (Wildman–Crippen LogP) is 3.42. The highest BCUT2D eigenvalue weighted by molar-refractivity contribution is 5.76. The predicted molar refractivity (Wildman–Crippen MR) is 104 cm³/mol. The summed E-state index contributed by atoms with van der Waals surface area (Å²) in [5.41, 5.74) is 0.820. The summed E-state index contributed by atoms with van der Waals surface area (Å²) in [6.45, 7) is 1.82. The zero-order valence-corrected chi connectivity index (χ0v) is 16.2. The molecule has 0 amide bonds. The van der Waals surface area contributed by atoms with Crippen molar-refractivity contribution in [2.24, 2.45) is 11.8 Å². The highest BCUT2D eigenvalue weighted by Gasteiger charge is 2.57. The molecule has 5 atom stereocenters. The van der Waals surface area contributed by atoms with Gasteiger partial charge in [-0.05, 0) is 49.9 Å². The van der Waals surface area contributed by atoms with Gasteiger partial charge in [0.25, 0.3) is 0 Å². The number of hydrogen-bond donors (Lipinski definition) is 0. The molecule has 2 aliphatic rings. The van der Waals surface area contributed by atoms with Crippen molar-refractivity contribution in [3.63, 3.8) is 0 Å². The van der Waals surface area contributed by atoms with E-state index in [-0.39, 0.29) is 41.9 Å². The number of nitro groups is 1. The lowest BCUT2D eigenvalue weighted by atomic mass is 9.83. The van der Waals surface area contributed by atoms with Crippen LogP contribution in [0.25, 0.3) is 0 Å². The fourth-order valence-corrected chi connectivity index (χ4v) is 4.78. The first kappa shape index (κ1) is 19.4. The summed E-state index contributed by atoms with van der Waals surface area (Å²) in [5, 5.41) is 13.2. The number of fused-ring (bicyclic) bond motifs is 1. The number of hydroxylamine groups is 1. The number of esters is 1. The third-order valence-electron chi connectivity index (χ3n) is 5.90. The van der Waals surface area contributed by atoms with Crippen LogP contribution in [0.15, 0.2) is 53.1 Å². The van der Waals surface area contributed by atoms with E-state index >= 15 is 0 Å². The Bertz CT molecular complexity index is 840. The van der Waals surface area contributed by atoms with Crippen LogP contribution in [0.3, 0.4) is 0 Å². The van der Waals surface area contributed by atoms with Crippen LogP contribution >= 0.6 is 0 Å². The fraction of sp³-hybridized carbons (Fsp3) is 0.476. The average Bonchev–Trinajstić information content (AvgIpc) is 3.44. The van der Waals surface area contributed by atoms with Crippen LogP contribution in [-0.4, -0.2) is 36.2 Å². The van der Waals surface area contributed by atoms with E-state index in [1.807, 2.05) is 30.3 Å². The molecule has 154 valence electrons. The van der Waals surface area contributed by atoms with Gasteiger partial charge < -0.3 is 9.15 Å². The number of carbonyl (C=O) groups is 1. The molecule has 0 radical (unpaired) electrons. The second kappa shape index (κ2) is 8.24. The van der Waals surface area contributed by atoms with Gasteiger partial charge in [0, 0.05) is 10.8 Å². The molecule has 0 N–H and O–H groups in total. The van der Waals surface area contributed by atoms with Crippen LogP contribution < -0.4 is 5.06 Å². The van der Waals surface area contributed by atoms with Gasteiger partial charge in [-0.25, -0.2) is 9.86 Å². The first-order valence-corrected chi connectivity index (χ1v) is 9.93. The Hall–Kier alpha value is -2.87. The van der Waals surface area contributed by atoms with Crippen molar-refractivity contribution < 1.29 is 23.7 Å². The van der Waals surface area contributed by atoms with E-state index in [4.69, 9.17) is 14.0 Å². The molecule has 1 aliphatic carbocycles. The van der Waals surface area contributed by atoms with Gasteiger partial charge in [0.05, 0.1) is 30.5 Å². The fourth-order valence-electron chi connectivity index (χ4n) is 4.78. The molecule has 1 aromatic carbocycles. The number of furan rings is 1. The molecular formula is C21H24N2O6. The number of rotatable bonds is 7. The lowest BCUT2D eigenvalue weighted by Gasteiger charge is -2.31. The summed E-state index contributed by atoms with van der Waals surface area (Å²) in [7, 11) is 0. The average molecular weight is 400 g/mol. The normalized spacial score (nSPS) is 26.9. The molecule has 1 saturated carbocycles. The van der Waals surface area contributed by atoms with E-state index in [0.717, 1.165) is 18.5 Å². The molecule has 1 unspecified atom stereocenters. The summed E-state index contributed by atoms with van der Waals surface area (Å²) in [6, 6.07) is 12.9. The van der Waals surface area contributed by atoms with Crippen LogP contribution in [0.5, 0.6) is 0 Å². The number of benzene rings is 1. The maximum absolute atomic E-state index is 12.5. The number of ether oxygens (including phenoxy) is 1. The molecule has 8 heteroatoms. The van der Waals surface area contributed by atoms with Crippen molar-refractivity contribution in [2.45, 2.75) is 37.8 Å². The van der Waals surface area contributed by atoms with Crippen LogP contribution in [0.1, 0.15) is 31.4 Å². The van der Waals surface area contributed by atoms with Crippen molar-refractivity contribution in [2.75, 3.05) is 18.2 Å². The van der Waals surface area contributed by atoms with Gasteiger partial charge in [0.15, 0.2) is 6.10 Å². The van der Waals surface area contributed by atoms with Gasteiger partial charge >= 0.3 is 5.97 Å². The monoisotopic (exact) mass is 400 g/mol. The molecule has 1 aliphatic heterocycles. The van der Waals surface area contributed by atoms with Crippen LogP contribution in [-0.2, 0) is 14.4 Å². The van der Waals surface area contributed by atoms with Crippen molar-refractivity contribution in [3.8, 4) is 0 Å². The molecule has 8 nitrogen and oxygen atoms in total. The highest BCUT2D eigenvalue weighted by atomic mass is 16.7. The molecule has 0 bridgehead atoms. The van der Waals surface area contributed by atoms with Crippen molar-refractivity contribution in [1.82, 2.24) is 0 Å². The quantitative estimate of drug-likeness (QED) is 0.399. The molecule has 0 spiro atoms. The molecule has 4 rings (SSSR count). The molecule has 1 aromatic heterocycles. The molecule has 29 heavy (non-hydrogen) atoms.